The van der Waals surface area contributed by atoms with Gasteiger partial charge in [0.05, 0.1) is 12.7 Å². The third kappa shape index (κ3) is 3.38. The molecule has 0 amide bonds. The molecule has 0 aliphatic carbocycles. The average molecular weight is 391 g/mol. The standard InChI is InChI=1S/C23H21NO5/c1-13-6-14(2)8-15(7-13)10-24-11-18(17-9-16(28-3)4-5-20(17)24)21(25)19-12-29-23(27)22(19)26/h4-9,11,25H,10,12H2,1-3H3/b21-19-. The van der Waals surface area contributed by atoms with Crippen LogP contribution in [0.25, 0.3) is 16.7 Å². The van der Waals surface area contributed by atoms with Crippen LogP contribution in [0.4, 0.5) is 0 Å². The molecule has 0 spiro atoms. The molecule has 2 heterocycles. The highest BCUT2D eigenvalue weighted by atomic mass is 16.5. The van der Waals surface area contributed by atoms with Crippen molar-refractivity contribution in [2.45, 2.75) is 20.4 Å². The predicted molar refractivity (Wildman–Crippen MR) is 109 cm³/mol. The number of benzene rings is 2. The van der Waals surface area contributed by atoms with E-state index in [1.54, 1.807) is 13.3 Å². The Labute approximate surface area is 168 Å². The fourth-order valence-electron chi connectivity index (χ4n) is 3.81. The number of rotatable bonds is 4. The summed E-state index contributed by atoms with van der Waals surface area (Å²) >= 11 is 0. The van der Waals surface area contributed by atoms with Crippen LogP contribution in [0.1, 0.15) is 22.3 Å². The van der Waals surface area contributed by atoms with Gasteiger partial charge in [-0.15, -0.1) is 0 Å². The van der Waals surface area contributed by atoms with Crippen LogP contribution in [0, 0.1) is 13.8 Å². The van der Waals surface area contributed by atoms with Gasteiger partial charge in [0.25, 0.3) is 5.78 Å². The summed E-state index contributed by atoms with van der Waals surface area (Å²) in [6.45, 7) is 4.48. The first kappa shape index (κ1) is 18.8. The van der Waals surface area contributed by atoms with Crippen LogP contribution in [0.2, 0.25) is 0 Å². The van der Waals surface area contributed by atoms with Crippen LogP contribution in [0.15, 0.2) is 48.2 Å². The van der Waals surface area contributed by atoms with Crippen molar-refractivity contribution in [3.05, 3.63) is 70.4 Å². The van der Waals surface area contributed by atoms with Crippen molar-refractivity contribution in [2.75, 3.05) is 13.7 Å². The lowest BCUT2D eigenvalue weighted by molar-refractivity contribution is -0.146. The summed E-state index contributed by atoms with van der Waals surface area (Å²) in [7, 11) is 1.57. The summed E-state index contributed by atoms with van der Waals surface area (Å²) in [5.74, 6) is -1.35. The number of cyclic esters (lactones) is 1. The van der Waals surface area contributed by atoms with Gasteiger partial charge in [-0.05, 0) is 37.6 Å². The molecule has 1 aliphatic heterocycles. The Morgan fingerprint density at radius 2 is 1.86 bits per heavy atom. The zero-order valence-corrected chi connectivity index (χ0v) is 16.5. The summed E-state index contributed by atoms with van der Waals surface area (Å²) < 4.78 is 12.1. The van der Waals surface area contributed by atoms with Crippen LogP contribution in [0.5, 0.6) is 5.75 Å². The van der Waals surface area contributed by atoms with E-state index in [1.165, 1.54) is 11.1 Å². The van der Waals surface area contributed by atoms with E-state index in [-0.39, 0.29) is 17.9 Å². The van der Waals surface area contributed by atoms with Crippen molar-refractivity contribution >= 4 is 28.4 Å². The fourth-order valence-corrected chi connectivity index (χ4v) is 3.81. The third-order valence-electron chi connectivity index (χ3n) is 5.07. The fraction of sp³-hybridized carbons (Fsp3) is 0.217. The smallest absolute Gasteiger partial charge is 0.379 e. The molecule has 0 atom stereocenters. The third-order valence-corrected chi connectivity index (χ3v) is 5.07. The second kappa shape index (κ2) is 7.13. The molecule has 4 rings (SSSR count). The molecule has 0 unspecified atom stereocenters. The number of ether oxygens (including phenoxy) is 2. The highest BCUT2D eigenvalue weighted by Crippen LogP contribution is 2.32. The molecule has 1 fully saturated rings. The molecule has 6 heteroatoms. The van der Waals surface area contributed by atoms with Crippen LogP contribution in [-0.2, 0) is 20.9 Å². The van der Waals surface area contributed by atoms with Gasteiger partial charge in [0.15, 0.2) is 0 Å². The molecule has 1 N–H and O–H groups in total. The highest BCUT2D eigenvalue weighted by molar-refractivity contribution is 6.43. The Kier molecular flexibility index (Phi) is 4.62. The zero-order chi connectivity index (χ0) is 20.7. The van der Waals surface area contributed by atoms with Crippen molar-refractivity contribution in [3.8, 4) is 5.75 Å². The van der Waals surface area contributed by atoms with Crippen LogP contribution < -0.4 is 4.74 Å². The highest BCUT2D eigenvalue weighted by Gasteiger charge is 2.33. The first-order valence-corrected chi connectivity index (χ1v) is 9.25. The number of nitrogens with zero attached hydrogens (tertiary/aromatic N) is 1. The van der Waals surface area contributed by atoms with Gasteiger partial charge < -0.3 is 19.1 Å². The number of aliphatic hydroxyl groups is 1. The SMILES string of the molecule is COc1ccc2c(c1)c(/C(O)=C1\COC(=O)C1=O)cn2Cc1cc(C)cc(C)c1. The molecule has 0 saturated carbocycles. The lowest BCUT2D eigenvalue weighted by atomic mass is 10.1. The Balaban J connectivity index is 1.87. The van der Waals surface area contributed by atoms with Crippen molar-refractivity contribution in [3.63, 3.8) is 0 Å². The zero-order valence-electron chi connectivity index (χ0n) is 16.5. The van der Waals surface area contributed by atoms with Crippen LogP contribution in [0.3, 0.4) is 0 Å². The summed E-state index contributed by atoms with van der Waals surface area (Å²) in [6, 6.07) is 11.9. The number of carbonyl (C=O) groups excluding carboxylic acids is 2. The molecule has 29 heavy (non-hydrogen) atoms. The minimum absolute atomic E-state index is 0.0248. The van der Waals surface area contributed by atoms with Crippen molar-refractivity contribution in [2.24, 2.45) is 0 Å². The molecule has 1 aromatic heterocycles. The minimum Gasteiger partial charge on any atom is -0.507 e. The number of hydrogen-bond acceptors (Lipinski definition) is 5. The van der Waals surface area contributed by atoms with E-state index in [9.17, 15) is 14.7 Å². The molecule has 1 aliphatic rings. The van der Waals surface area contributed by atoms with Gasteiger partial charge in [0.1, 0.15) is 18.1 Å². The van der Waals surface area contributed by atoms with Crippen molar-refractivity contribution in [1.29, 1.82) is 0 Å². The van der Waals surface area contributed by atoms with E-state index in [0.29, 0.717) is 17.9 Å². The molecule has 1 saturated heterocycles. The molecular weight excluding hydrogens is 370 g/mol. The largest absolute Gasteiger partial charge is 0.507 e. The second-order valence-electron chi connectivity index (χ2n) is 7.28. The van der Waals surface area contributed by atoms with E-state index >= 15 is 0 Å². The van der Waals surface area contributed by atoms with Gasteiger partial charge >= 0.3 is 5.97 Å². The van der Waals surface area contributed by atoms with Gasteiger partial charge in [-0.3, -0.25) is 4.79 Å². The predicted octanol–water partition coefficient (Wildman–Crippen LogP) is 3.71. The Morgan fingerprint density at radius 1 is 1.14 bits per heavy atom. The number of carbonyl (C=O) groups is 2. The van der Waals surface area contributed by atoms with Gasteiger partial charge in [0, 0.05) is 29.2 Å². The van der Waals surface area contributed by atoms with E-state index in [0.717, 1.165) is 16.5 Å². The normalized spacial score (nSPS) is 15.7. The van der Waals surface area contributed by atoms with Crippen molar-refractivity contribution < 1.29 is 24.2 Å². The number of methoxy groups -OCH3 is 1. The first-order chi connectivity index (χ1) is 13.9. The summed E-state index contributed by atoms with van der Waals surface area (Å²) in [5, 5.41) is 11.5. The van der Waals surface area contributed by atoms with Crippen molar-refractivity contribution in [1.82, 2.24) is 4.57 Å². The average Bonchev–Trinajstić information content (AvgIpc) is 3.20. The number of esters is 1. The molecule has 3 aromatic rings. The summed E-state index contributed by atoms with van der Waals surface area (Å²) in [5.41, 5.74) is 4.80. The number of aliphatic hydroxyl groups excluding tert-OH is 1. The molecule has 0 bridgehead atoms. The maximum atomic E-state index is 12.0. The number of aromatic nitrogens is 1. The monoisotopic (exact) mass is 391 g/mol. The summed E-state index contributed by atoms with van der Waals surface area (Å²) in [6.07, 6.45) is 1.79. The first-order valence-electron chi connectivity index (χ1n) is 9.25. The quantitative estimate of drug-likeness (QED) is 0.318. The number of fused-ring (bicyclic) bond motifs is 1. The Hall–Kier alpha value is -3.54. The van der Waals surface area contributed by atoms with E-state index in [2.05, 4.69) is 32.0 Å². The number of Topliss-reactive ketones (excluding diaryl/α,β-unsaturated/α-hetero) is 1. The lowest BCUT2D eigenvalue weighted by Crippen LogP contribution is -2.08. The number of aryl methyl sites for hydroxylation is 2. The molecule has 0 radical (unpaired) electrons. The van der Waals surface area contributed by atoms with Crippen LogP contribution >= 0.6 is 0 Å². The molecule has 2 aromatic carbocycles. The number of ketones is 1. The Bertz CT molecular complexity index is 1170. The lowest BCUT2D eigenvalue weighted by Gasteiger charge is -2.08. The van der Waals surface area contributed by atoms with E-state index in [4.69, 9.17) is 9.47 Å². The van der Waals surface area contributed by atoms with Gasteiger partial charge in [-0.1, -0.05) is 29.3 Å². The van der Waals surface area contributed by atoms with Gasteiger partial charge in [0.2, 0.25) is 0 Å². The van der Waals surface area contributed by atoms with E-state index < -0.39 is 11.8 Å². The van der Waals surface area contributed by atoms with Crippen LogP contribution in [-0.4, -0.2) is 35.1 Å². The maximum absolute atomic E-state index is 12.0. The van der Waals surface area contributed by atoms with Gasteiger partial charge in [-0.2, -0.15) is 0 Å². The molecular formula is C23H21NO5. The van der Waals surface area contributed by atoms with Gasteiger partial charge in [-0.25, -0.2) is 4.79 Å². The topological polar surface area (TPSA) is 77.8 Å². The molecule has 148 valence electrons. The van der Waals surface area contributed by atoms with E-state index in [1.807, 2.05) is 22.8 Å². The molecule has 6 nitrogen and oxygen atoms in total. The second-order valence-corrected chi connectivity index (χ2v) is 7.28. The minimum atomic E-state index is -0.942. The maximum Gasteiger partial charge on any atom is 0.379 e. The Morgan fingerprint density at radius 3 is 2.48 bits per heavy atom. The summed E-state index contributed by atoms with van der Waals surface area (Å²) in [4.78, 5) is 23.5. The number of hydrogen-bond donors (Lipinski definition) is 1.